The maximum absolute atomic E-state index is 10.6. The number of aromatic nitrogens is 1. The van der Waals surface area contributed by atoms with Crippen molar-refractivity contribution in [1.82, 2.24) is 4.98 Å². The van der Waals surface area contributed by atoms with Crippen LogP contribution in [0.4, 0.5) is 0 Å². The minimum atomic E-state index is -0.944. The first-order chi connectivity index (χ1) is 5.52. The van der Waals surface area contributed by atoms with Gasteiger partial charge in [-0.1, -0.05) is 0 Å². The lowest BCUT2D eigenvalue weighted by atomic mass is 10.2. The van der Waals surface area contributed by atoms with Crippen LogP contribution in [0.1, 0.15) is 21.7 Å². The van der Waals surface area contributed by atoms with Crippen molar-refractivity contribution in [3.63, 3.8) is 0 Å². The second-order valence-corrected chi connectivity index (χ2v) is 3.35. The molecule has 0 aliphatic rings. The first kappa shape index (κ1) is 9.19. The Balaban J connectivity index is 3.33. The van der Waals surface area contributed by atoms with Crippen molar-refractivity contribution in [2.24, 2.45) is 0 Å². The van der Waals surface area contributed by atoms with Crippen molar-refractivity contribution >= 4 is 21.9 Å². The number of carboxylic acids is 1. The average Bonchev–Trinajstić information content (AvgIpc) is 1.96. The van der Waals surface area contributed by atoms with Gasteiger partial charge < -0.3 is 5.11 Å². The highest BCUT2D eigenvalue weighted by Crippen LogP contribution is 2.17. The molecule has 0 aliphatic heterocycles. The van der Waals surface area contributed by atoms with Gasteiger partial charge in [-0.15, -0.1) is 0 Å². The van der Waals surface area contributed by atoms with Crippen LogP contribution in [0.5, 0.6) is 0 Å². The van der Waals surface area contributed by atoms with E-state index >= 15 is 0 Å². The summed E-state index contributed by atoms with van der Waals surface area (Å²) < 4.78 is 0.727. The van der Waals surface area contributed by atoms with Crippen molar-refractivity contribution in [1.29, 1.82) is 0 Å². The molecule has 0 atom stereocenters. The van der Waals surface area contributed by atoms with Gasteiger partial charge in [0.05, 0.1) is 17.0 Å². The fourth-order valence-electron chi connectivity index (χ4n) is 0.917. The number of rotatable bonds is 1. The maximum Gasteiger partial charge on any atom is 0.337 e. The largest absolute Gasteiger partial charge is 0.478 e. The molecule has 4 heteroatoms. The Morgan fingerprint density at radius 3 is 2.58 bits per heavy atom. The summed E-state index contributed by atoms with van der Waals surface area (Å²) in [6.07, 6.45) is 0. The molecule has 1 N–H and O–H groups in total. The Hall–Kier alpha value is -0.900. The number of halogens is 1. The second-order valence-electron chi connectivity index (χ2n) is 2.49. The van der Waals surface area contributed by atoms with Crippen LogP contribution in [0, 0.1) is 13.8 Å². The summed E-state index contributed by atoms with van der Waals surface area (Å²) in [5.74, 6) is -0.944. The van der Waals surface area contributed by atoms with Gasteiger partial charge in [-0.05, 0) is 35.8 Å². The summed E-state index contributed by atoms with van der Waals surface area (Å²) in [6, 6.07) is 1.57. The summed E-state index contributed by atoms with van der Waals surface area (Å²) in [7, 11) is 0. The smallest absolute Gasteiger partial charge is 0.337 e. The molecule has 0 unspecified atom stereocenters. The molecule has 0 spiro atoms. The topological polar surface area (TPSA) is 50.2 Å². The zero-order valence-electron chi connectivity index (χ0n) is 6.76. The number of carboxylic acid groups (broad SMARTS) is 1. The van der Waals surface area contributed by atoms with E-state index in [4.69, 9.17) is 5.11 Å². The van der Waals surface area contributed by atoms with E-state index in [1.165, 1.54) is 0 Å². The maximum atomic E-state index is 10.6. The Kier molecular flexibility index (Phi) is 2.47. The number of hydrogen-bond acceptors (Lipinski definition) is 2. The standard InChI is InChI=1S/C8H8BrNO2/c1-4-6(8(11)12)3-7(9)5(2)10-4/h3H,1-2H3,(H,11,12). The van der Waals surface area contributed by atoms with Crippen LogP contribution < -0.4 is 0 Å². The van der Waals surface area contributed by atoms with Crippen molar-refractivity contribution in [3.05, 3.63) is 27.5 Å². The zero-order valence-corrected chi connectivity index (χ0v) is 8.34. The molecule has 0 fully saturated rings. The van der Waals surface area contributed by atoms with Gasteiger partial charge in [0.15, 0.2) is 0 Å². The van der Waals surface area contributed by atoms with Crippen LogP contribution in [-0.4, -0.2) is 16.1 Å². The van der Waals surface area contributed by atoms with E-state index in [0.717, 1.165) is 10.2 Å². The first-order valence-electron chi connectivity index (χ1n) is 3.39. The molecule has 12 heavy (non-hydrogen) atoms. The zero-order chi connectivity index (χ0) is 9.30. The highest BCUT2D eigenvalue weighted by Gasteiger charge is 2.09. The van der Waals surface area contributed by atoms with Gasteiger partial charge >= 0.3 is 5.97 Å². The van der Waals surface area contributed by atoms with Gasteiger partial charge in [0.25, 0.3) is 0 Å². The van der Waals surface area contributed by atoms with E-state index in [-0.39, 0.29) is 5.56 Å². The lowest BCUT2D eigenvalue weighted by molar-refractivity contribution is 0.0695. The fourth-order valence-corrected chi connectivity index (χ4v) is 1.23. The average molecular weight is 230 g/mol. The summed E-state index contributed by atoms with van der Waals surface area (Å²) in [6.45, 7) is 3.51. The normalized spacial score (nSPS) is 9.92. The molecule has 1 heterocycles. The predicted octanol–water partition coefficient (Wildman–Crippen LogP) is 2.16. The molecule has 0 aliphatic carbocycles. The van der Waals surface area contributed by atoms with E-state index in [1.54, 1.807) is 13.0 Å². The number of carbonyl (C=O) groups is 1. The van der Waals surface area contributed by atoms with Crippen LogP contribution in [-0.2, 0) is 0 Å². The molecule has 0 aromatic carbocycles. The van der Waals surface area contributed by atoms with E-state index in [0.29, 0.717) is 5.69 Å². The summed E-state index contributed by atoms with van der Waals surface area (Å²) in [5, 5.41) is 8.72. The van der Waals surface area contributed by atoms with Crippen LogP contribution in [0.15, 0.2) is 10.5 Å². The quantitative estimate of drug-likeness (QED) is 0.804. The monoisotopic (exact) mass is 229 g/mol. The Bertz CT molecular complexity index is 336. The molecule has 3 nitrogen and oxygen atoms in total. The van der Waals surface area contributed by atoms with Crippen LogP contribution in [0.25, 0.3) is 0 Å². The minimum absolute atomic E-state index is 0.243. The number of aromatic carboxylic acids is 1. The Morgan fingerprint density at radius 1 is 1.50 bits per heavy atom. The highest BCUT2D eigenvalue weighted by atomic mass is 79.9. The van der Waals surface area contributed by atoms with Crippen molar-refractivity contribution < 1.29 is 9.90 Å². The second kappa shape index (κ2) is 3.23. The molecular formula is C8H8BrNO2. The SMILES string of the molecule is Cc1nc(C)c(C(=O)O)cc1Br. The molecule has 0 radical (unpaired) electrons. The number of hydrogen-bond donors (Lipinski definition) is 1. The van der Waals surface area contributed by atoms with E-state index in [9.17, 15) is 4.79 Å². The third kappa shape index (κ3) is 1.64. The van der Waals surface area contributed by atoms with Crippen LogP contribution >= 0.6 is 15.9 Å². The molecule has 1 aromatic heterocycles. The summed E-state index contributed by atoms with van der Waals surface area (Å²) >= 11 is 3.22. The van der Waals surface area contributed by atoms with Gasteiger partial charge in [0.2, 0.25) is 0 Å². The molecule has 1 rings (SSSR count). The third-order valence-electron chi connectivity index (χ3n) is 1.57. The number of pyridine rings is 1. The molecule has 1 aromatic rings. The molecule has 0 amide bonds. The predicted molar refractivity (Wildman–Crippen MR) is 48.4 cm³/mol. The molecule has 0 saturated heterocycles. The van der Waals surface area contributed by atoms with Crippen LogP contribution in [0.2, 0.25) is 0 Å². The fraction of sp³-hybridized carbons (Fsp3) is 0.250. The number of nitrogens with zero attached hydrogens (tertiary/aromatic N) is 1. The van der Waals surface area contributed by atoms with Gasteiger partial charge in [-0.3, -0.25) is 4.98 Å². The summed E-state index contributed by atoms with van der Waals surface area (Å²) in [5.41, 5.74) is 1.59. The van der Waals surface area contributed by atoms with E-state index in [1.807, 2.05) is 6.92 Å². The minimum Gasteiger partial charge on any atom is -0.478 e. The molecule has 0 saturated carbocycles. The highest BCUT2D eigenvalue weighted by molar-refractivity contribution is 9.10. The van der Waals surface area contributed by atoms with Gasteiger partial charge in [0.1, 0.15) is 0 Å². The molecule has 64 valence electrons. The molecular weight excluding hydrogens is 222 g/mol. The first-order valence-corrected chi connectivity index (χ1v) is 4.18. The van der Waals surface area contributed by atoms with Crippen LogP contribution in [0.3, 0.4) is 0 Å². The van der Waals surface area contributed by atoms with E-state index < -0.39 is 5.97 Å². The third-order valence-corrected chi connectivity index (χ3v) is 2.38. The van der Waals surface area contributed by atoms with Crippen molar-refractivity contribution in [3.8, 4) is 0 Å². The summed E-state index contributed by atoms with van der Waals surface area (Å²) in [4.78, 5) is 14.7. The van der Waals surface area contributed by atoms with Gasteiger partial charge in [-0.25, -0.2) is 4.79 Å². The molecule has 0 bridgehead atoms. The Morgan fingerprint density at radius 2 is 2.08 bits per heavy atom. The van der Waals surface area contributed by atoms with Gasteiger partial charge in [-0.2, -0.15) is 0 Å². The Labute approximate surface area is 78.6 Å². The lowest BCUT2D eigenvalue weighted by Crippen LogP contribution is -2.02. The van der Waals surface area contributed by atoms with Gasteiger partial charge in [0, 0.05) is 4.47 Å². The van der Waals surface area contributed by atoms with E-state index in [2.05, 4.69) is 20.9 Å². The van der Waals surface area contributed by atoms with Crippen molar-refractivity contribution in [2.75, 3.05) is 0 Å². The van der Waals surface area contributed by atoms with Crippen molar-refractivity contribution in [2.45, 2.75) is 13.8 Å². The lowest BCUT2D eigenvalue weighted by Gasteiger charge is -2.02. The number of aryl methyl sites for hydroxylation is 2.